The molecule has 1 aliphatic rings. The van der Waals surface area contributed by atoms with Crippen LogP contribution in [-0.4, -0.2) is 31.0 Å². The van der Waals surface area contributed by atoms with E-state index in [2.05, 4.69) is 5.43 Å². The fraction of sp³-hybridized carbons (Fsp3) is 0.300. The summed E-state index contributed by atoms with van der Waals surface area (Å²) in [6.07, 6.45) is -0.614. The van der Waals surface area contributed by atoms with Gasteiger partial charge in [0.2, 0.25) is 0 Å². The summed E-state index contributed by atoms with van der Waals surface area (Å²) in [7, 11) is 0. The molecule has 0 spiro atoms. The first-order valence-corrected chi connectivity index (χ1v) is 8.70. The number of hydrogen-bond acceptors (Lipinski definition) is 4. The fourth-order valence-electron chi connectivity index (χ4n) is 2.90. The fourth-order valence-corrected chi connectivity index (χ4v) is 2.90. The minimum Gasteiger partial charge on any atom is -0.479 e. The molecule has 0 saturated heterocycles. The van der Waals surface area contributed by atoms with Gasteiger partial charge in [0.25, 0.3) is 11.8 Å². The van der Waals surface area contributed by atoms with E-state index < -0.39 is 6.10 Å². The molecule has 1 N–H and O–H groups in total. The standard InChI is InChI=1S/C20H23N3O3/c1-4-23(16-11-9-14(2)10-12-16)21-19(24)13-22-17-7-5-6-8-18(17)26-15(3)20(22)25/h5-12,15H,4,13H2,1-3H3,(H,21,24)/t15-/m1/s1. The molecule has 2 amide bonds. The molecule has 1 heterocycles. The third-order valence-corrected chi connectivity index (χ3v) is 4.30. The molecule has 2 aromatic rings. The van der Waals surface area contributed by atoms with Crippen molar-refractivity contribution in [3.8, 4) is 5.75 Å². The summed E-state index contributed by atoms with van der Waals surface area (Å²) in [6, 6.07) is 15.1. The van der Waals surface area contributed by atoms with Gasteiger partial charge in [0.05, 0.1) is 11.4 Å². The lowest BCUT2D eigenvalue weighted by molar-refractivity contribution is -0.128. The normalized spacial score (nSPS) is 15.9. The zero-order chi connectivity index (χ0) is 18.7. The first kappa shape index (κ1) is 17.8. The Kier molecular flexibility index (Phi) is 5.11. The van der Waals surface area contributed by atoms with Crippen molar-refractivity contribution in [3.63, 3.8) is 0 Å². The van der Waals surface area contributed by atoms with E-state index in [9.17, 15) is 9.59 Å². The molecule has 0 aromatic heterocycles. The molecule has 1 aliphatic heterocycles. The van der Waals surface area contributed by atoms with Crippen LogP contribution in [0.5, 0.6) is 5.75 Å². The Balaban J connectivity index is 1.74. The van der Waals surface area contributed by atoms with Gasteiger partial charge in [0, 0.05) is 6.54 Å². The number of carbonyl (C=O) groups excluding carboxylic acids is 2. The predicted octanol–water partition coefficient (Wildman–Crippen LogP) is 2.67. The molecule has 3 rings (SSSR count). The van der Waals surface area contributed by atoms with Crippen LogP contribution in [0.15, 0.2) is 48.5 Å². The van der Waals surface area contributed by atoms with Gasteiger partial charge >= 0.3 is 0 Å². The molecule has 2 aromatic carbocycles. The topological polar surface area (TPSA) is 61.9 Å². The molecule has 0 saturated carbocycles. The van der Waals surface area contributed by atoms with Crippen molar-refractivity contribution in [3.05, 3.63) is 54.1 Å². The molecule has 26 heavy (non-hydrogen) atoms. The zero-order valence-electron chi connectivity index (χ0n) is 15.2. The lowest BCUT2D eigenvalue weighted by Crippen LogP contribution is -2.52. The molecule has 136 valence electrons. The van der Waals surface area contributed by atoms with Gasteiger partial charge in [-0.3, -0.25) is 24.9 Å². The van der Waals surface area contributed by atoms with Crippen molar-refractivity contribution in [2.75, 3.05) is 23.0 Å². The van der Waals surface area contributed by atoms with Gasteiger partial charge in [0.15, 0.2) is 6.10 Å². The van der Waals surface area contributed by atoms with Crippen LogP contribution in [0.1, 0.15) is 19.4 Å². The highest BCUT2D eigenvalue weighted by atomic mass is 16.5. The Hall–Kier alpha value is -3.02. The maximum Gasteiger partial charge on any atom is 0.268 e. The summed E-state index contributed by atoms with van der Waals surface area (Å²) < 4.78 is 5.61. The molecular weight excluding hydrogens is 330 g/mol. The number of rotatable bonds is 5. The highest BCUT2D eigenvalue weighted by Gasteiger charge is 2.32. The number of benzene rings is 2. The minimum atomic E-state index is -0.614. The van der Waals surface area contributed by atoms with E-state index in [0.29, 0.717) is 18.0 Å². The average molecular weight is 353 g/mol. The molecule has 0 aliphatic carbocycles. The maximum absolute atomic E-state index is 12.6. The van der Waals surface area contributed by atoms with Gasteiger partial charge in [-0.25, -0.2) is 0 Å². The summed E-state index contributed by atoms with van der Waals surface area (Å²) in [5.74, 6) is 0.125. The zero-order valence-corrected chi connectivity index (χ0v) is 15.2. The van der Waals surface area contributed by atoms with Crippen LogP contribution in [-0.2, 0) is 9.59 Å². The molecule has 6 nitrogen and oxygen atoms in total. The first-order valence-electron chi connectivity index (χ1n) is 8.70. The lowest BCUT2D eigenvalue weighted by atomic mass is 10.2. The number of ether oxygens (including phenoxy) is 1. The van der Waals surface area contributed by atoms with Crippen molar-refractivity contribution in [2.24, 2.45) is 0 Å². The van der Waals surface area contributed by atoms with Gasteiger partial charge in [-0.05, 0) is 45.0 Å². The van der Waals surface area contributed by atoms with Gasteiger partial charge in [-0.15, -0.1) is 0 Å². The first-order chi connectivity index (χ1) is 12.5. The summed E-state index contributed by atoms with van der Waals surface area (Å²) in [4.78, 5) is 26.6. The largest absolute Gasteiger partial charge is 0.479 e. The number of carbonyl (C=O) groups is 2. The van der Waals surface area contributed by atoms with E-state index in [1.54, 1.807) is 24.1 Å². The molecule has 0 fully saturated rings. The summed E-state index contributed by atoms with van der Waals surface area (Å²) in [5.41, 5.74) is 5.54. The van der Waals surface area contributed by atoms with Crippen molar-refractivity contribution in [1.29, 1.82) is 0 Å². The number of hydrogen-bond donors (Lipinski definition) is 1. The summed E-state index contributed by atoms with van der Waals surface area (Å²) in [6.45, 7) is 6.21. The summed E-state index contributed by atoms with van der Waals surface area (Å²) >= 11 is 0. The van der Waals surface area contributed by atoms with E-state index in [4.69, 9.17) is 4.74 Å². The number of aryl methyl sites for hydroxylation is 1. The maximum atomic E-state index is 12.6. The highest BCUT2D eigenvalue weighted by molar-refractivity contribution is 6.03. The molecular formula is C20H23N3O3. The molecule has 6 heteroatoms. The summed E-state index contributed by atoms with van der Waals surface area (Å²) in [5, 5.41) is 1.77. The van der Waals surface area contributed by atoms with E-state index in [1.165, 1.54) is 4.90 Å². The highest BCUT2D eigenvalue weighted by Crippen LogP contribution is 2.33. The SMILES string of the molecule is CCN(NC(=O)CN1C(=O)[C@@H](C)Oc2ccccc21)c1ccc(C)cc1. The van der Waals surface area contributed by atoms with Crippen LogP contribution >= 0.6 is 0 Å². The Morgan fingerprint density at radius 3 is 2.58 bits per heavy atom. The molecule has 1 atom stereocenters. The minimum absolute atomic E-state index is 0.0636. The molecule has 0 bridgehead atoms. The van der Waals surface area contributed by atoms with Crippen LogP contribution in [0.3, 0.4) is 0 Å². The number of nitrogens with zero attached hydrogens (tertiary/aromatic N) is 2. The Morgan fingerprint density at radius 2 is 1.88 bits per heavy atom. The number of para-hydroxylation sites is 2. The van der Waals surface area contributed by atoms with Crippen LogP contribution in [0.4, 0.5) is 11.4 Å². The number of hydrazine groups is 1. The van der Waals surface area contributed by atoms with E-state index in [1.807, 2.05) is 50.2 Å². The Labute approximate surface area is 153 Å². The quantitative estimate of drug-likeness (QED) is 0.840. The number of fused-ring (bicyclic) bond motifs is 1. The lowest BCUT2D eigenvalue weighted by Gasteiger charge is -2.33. The van der Waals surface area contributed by atoms with Gasteiger partial charge in [-0.2, -0.15) is 0 Å². The Morgan fingerprint density at radius 1 is 1.19 bits per heavy atom. The second-order valence-corrected chi connectivity index (χ2v) is 6.27. The van der Waals surface area contributed by atoms with E-state index >= 15 is 0 Å². The number of nitrogens with one attached hydrogen (secondary N) is 1. The van der Waals surface area contributed by atoms with Crippen LogP contribution < -0.4 is 20.1 Å². The van der Waals surface area contributed by atoms with E-state index in [-0.39, 0.29) is 18.4 Å². The monoisotopic (exact) mass is 353 g/mol. The van der Waals surface area contributed by atoms with Crippen molar-refractivity contribution in [2.45, 2.75) is 26.9 Å². The number of anilines is 2. The third kappa shape index (κ3) is 3.64. The van der Waals surface area contributed by atoms with Gasteiger partial charge in [-0.1, -0.05) is 29.8 Å². The average Bonchev–Trinajstić information content (AvgIpc) is 2.64. The third-order valence-electron chi connectivity index (χ3n) is 4.30. The van der Waals surface area contributed by atoms with Crippen molar-refractivity contribution >= 4 is 23.2 Å². The smallest absolute Gasteiger partial charge is 0.268 e. The Bertz CT molecular complexity index is 804. The number of amides is 2. The predicted molar refractivity (Wildman–Crippen MR) is 101 cm³/mol. The molecule has 0 radical (unpaired) electrons. The van der Waals surface area contributed by atoms with Crippen LogP contribution in [0.25, 0.3) is 0 Å². The second kappa shape index (κ2) is 7.47. The van der Waals surface area contributed by atoms with Gasteiger partial charge in [0.1, 0.15) is 12.3 Å². The van der Waals surface area contributed by atoms with Gasteiger partial charge < -0.3 is 4.74 Å². The van der Waals surface area contributed by atoms with E-state index in [0.717, 1.165) is 11.3 Å². The van der Waals surface area contributed by atoms with Crippen LogP contribution in [0, 0.1) is 6.92 Å². The van der Waals surface area contributed by atoms with Crippen molar-refractivity contribution < 1.29 is 14.3 Å². The second-order valence-electron chi connectivity index (χ2n) is 6.27. The molecule has 0 unspecified atom stereocenters. The van der Waals surface area contributed by atoms with Crippen molar-refractivity contribution in [1.82, 2.24) is 5.43 Å². The van der Waals surface area contributed by atoms with Crippen LogP contribution in [0.2, 0.25) is 0 Å².